The Morgan fingerprint density at radius 3 is 2.69 bits per heavy atom. The Labute approximate surface area is 178 Å². The van der Waals surface area contributed by atoms with E-state index in [1.807, 2.05) is 55.1 Å². The van der Waals surface area contributed by atoms with Gasteiger partial charge >= 0.3 is 0 Å². The van der Waals surface area contributed by atoms with E-state index in [1.54, 1.807) is 0 Å². The fourth-order valence-corrected chi connectivity index (χ4v) is 3.57. The Morgan fingerprint density at radius 1 is 1.21 bits per heavy atom. The Bertz CT molecular complexity index is 836. The summed E-state index contributed by atoms with van der Waals surface area (Å²) in [5.74, 6) is 1.09. The van der Waals surface area contributed by atoms with Crippen molar-refractivity contribution in [1.29, 1.82) is 0 Å². The molecule has 0 aromatic heterocycles. The van der Waals surface area contributed by atoms with Gasteiger partial charge in [-0.1, -0.05) is 18.2 Å². The van der Waals surface area contributed by atoms with Crippen LogP contribution >= 0.6 is 12.2 Å². The molecule has 29 heavy (non-hydrogen) atoms. The van der Waals surface area contributed by atoms with Gasteiger partial charge in [-0.05, 0) is 81.2 Å². The minimum Gasteiger partial charge on any atom is -0.491 e. The number of rotatable bonds is 8. The maximum absolute atomic E-state index is 11.9. The summed E-state index contributed by atoms with van der Waals surface area (Å²) in [6.45, 7) is 5.63. The molecule has 0 aliphatic carbocycles. The molecule has 1 aliphatic rings. The zero-order valence-corrected chi connectivity index (χ0v) is 17.9. The van der Waals surface area contributed by atoms with E-state index in [-0.39, 0.29) is 12.0 Å². The minimum absolute atomic E-state index is 0.187. The van der Waals surface area contributed by atoms with E-state index in [0.29, 0.717) is 11.5 Å². The van der Waals surface area contributed by atoms with Crippen molar-refractivity contribution in [2.75, 3.05) is 23.3 Å². The lowest BCUT2D eigenvalue weighted by molar-refractivity contribution is -0.117. The molecule has 1 saturated heterocycles. The Morgan fingerprint density at radius 2 is 2.00 bits per heavy atom. The molecule has 0 unspecified atom stereocenters. The van der Waals surface area contributed by atoms with Gasteiger partial charge in [-0.2, -0.15) is 0 Å². The Hall–Kier alpha value is -2.60. The fourth-order valence-electron chi connectivity index (χ4n) is 3.35. The van der Waals surface area contributed by atoms with Crippen molar-refractivity contribution in [3.05, 3.63) is 54.1 Å². The van der Waals surface area contributed by atoms with Gasteiger partial charge in [-0.3, -0.25) is 4.79 Å². The number of nitrogens with one attached hydrogen (secondary N) is 2. The second kappa shape index (κ2) is 10.3. The van der Waals surface area contributed by atoms with Gasteiger partial charge in [0, 0.05) is 30.9 Å². The van der Waals surface area contributed by atoms with E-state index < -0.39 is 0 Å². The number of hydrogen-bond donors (Lipinski definition) is 2. The lowest BCUT2D eigenvalue weighted by Crippen LogP contribution is -2.29. The molecule has 0 bridgehead atoms. The molecule has 1 fully saturated rings. The molecule has 3 rings (SSSR count). The largest absolute Gasteiger partial charge is 0.491 e. The number of amides is 1. The summed E-state index contributed by atoms with van der Waals surface area (Å²) >= 11 is 5.41. The number of hydrogen-bond acceptors (Lipinski definition) is 3. The van der Waals surface area contributed by atoms with Crippen molar-refractivity contribution in [2.24, 2.45) is 0 Å². The molecule has 0 saturated carbocycles. The quantitative estimate of drug-likeness (QED) is 0.494. The highest BCUT2D eigenvalue weighted by molar-refractivity contribution is 7.80. The number of ether oxygens (including phenoxy) is 1. The van der Waals surface area contributed by atoms with Crippen LogP contribution in [0.3, 0.4) is 0 Å². The van der Waals surface area contributed by atoms with Crippen LogP contribution in [0.5, 0.6) is 5.75 Å². The molecule has 2 aromatic carbocycles. The summed E-state index contributed by atoms with van der Waals surface area (Å²) in [5, 5.41) is 7.06. The van der Waals surface area contributed by atoms with Gasteiger partial charge in [0.15, 0.2) is 5.11 Å². The fraction of sp³-hybridized carbons (Fsp3) is 0.391. The smallest absolute Gasteiger partial charge is 0.227 e. The van der Waals surface area contributed by atoms with E-state index in [0.717, 1.165) is 49.5 Å². The highest BCUT2D eigenvalue weighted by atomic mass is 32.1. The molecule has 2 aromatic rings. The predicted octanol–water partition coefficient (Wildman–Crippen LogP) is 4.52. The first-order chi connectivity index (χ1) is 14.0. The van der Waals surface area contributed by atoms with E-state index in [4.69, 9.17) is 17.0 Å². The number of anilines is 2. The highest BCUT2D eigenvalue weighted by Crippen LogP contribution is 2.24. The van der Waals surface area contributed by atoms with Gasteiger partial charge in [-0.25, -0.2) is 0 Å². The molecule has 6 heteroatoms. The molecule has 154 valence electrons. The molecule has 1 heterocycles. The SMILES string of the molecule is CC(C)Oc1ccc(CCCNC(=S)Nc2cccc(N3CCCC3=O)c2)cc1. The first-order valence-corrected chi connectivity index (χ1v) is 10.6. The van der Waals surface area contributed by atoms with Crippen molar-refractivity contribution < 1.29 is 9.53 Å². The highest BCUT2D eigenvalue weighted by Gasteiger charge is 2.21. The minimum atomic E-state index is 0.187. The summed E-state index contributed by atoms with van der Waals surface area (Å²) in [4.78, 5) is 13.8. The number of aryl methyl sites for hydroxylation is 1. The molecule has 0 radical (unpaired) electrons. The second-order valence-electron chi connectivity index (χ2n) is 7.49. The zero-order valence-electron chi connectivity index (χ0n) is 17.1. The van der Waals surface area contributed by atoms with Gasteiger partial charge in [0.2, 0.25) is 5.91 Å². The molecule has 1 aliphatic heterocycles. The Kier molecular flexibility index (Phi) is 7.47. The lowest BCUT2D eigenvalue weighted by atomic mass is 10.1. The molecule has 1 amide bonds. The molecule has 0 atom stereocenters. The number of carbonyl (C=O) groups is 1. The third kappa shape index (κ3) is 6.46. The molecule has 2 N–H and O–H groups in total. The zero-order chi connectivity index (χ0) is 20.6. The van der Waals surface area contributed by atoms with Crippen LogP contribution in [0.4, 0.5) is 11.4 Å². The first kappa shape index (κ1) is 21.1. The first-order valence-electron chi connectivity index (χ1n) is 10.2. The van der Waals surface area contributed by atoms with Crippen LogP contribution in [-0.2, 0) is 11.2 Å². The van der Waals surface area contributed by atoms with Crippen LogP contribution in [0.1, 0.15) is 38.7 Å². The van der Waals surface area contributed by atoms with Crippen molar-refractivity contribution >= 4 is 34.6 Å². The normalized spacial score (nSPS) is 13.6. The third-order valence-electron chi connectivity index (χ3n) is 4.71. The van der Waals surface area contributed by atoms with Crippen molar-refractivity contribution in [1.82, 2.24) is 5.32 Å². The van der Waals surface area contributed by atoms with Crippen molar-refractivity contribution in [3.8, 4) is 5.75 Å². The van der Waals surface area contributed by atoms with Gasteiger partial charge < -0.3 is 20.3 Å². The van der Waals surface area contributed by atoms with Crippen LogP contribution in [-0.4, -0.2) is 30.2 Å². The number of benzene rings is 2. The van der Waals surface area contributed by atoms with Gasteiger partial charge in [0.1, 0.15) is 5.75 Å². The van der Waals surface area contributed by atoms with E-state index in [1.165, 1.54) is 5.56 Å². The standard InChI is InChI=1S/C23H29N3O2S/c1-17(2)28-21-12-10-18(11-13-21)6-4-14-24-23(29)25-19-7-3-8-20(16-19)26-15-5-9-22(26)27/h3,7-8,10-13,16-17H,4-6,9,14-15H2,1-2H3,(H2,24,25,29). The monoisotopic (exact) mass is 411 g/mol. The Balaban J connectivity index is 1.40. The van der Waals surface area contributed by atoms with Crippen LogP contribution in [0, 0.1) is 0 Å². The molecule has 5 nitrogen and oxygen atoms in total. The third-order valence-corrected chi connectivity index (χ3v) is 4.96. The van der Waals surface area contributed by atoms with Crippen molar-refractivity contribution in [3.63, 3.8) is 0 Å². The predicted molar refractivity (Wildman–Crippen MR) is 123 cm³/mol. The van der Waals surface area contributed by atoms with Gasteiger partial charge in [0.05, 0.1) is 6.10 Å². The summed E-state index contributed by atoms with van der Waals surface area (Å²) < 4.78 is 5.67. The second-order valence-corrected chi connectivity index (χ2v) is 7.90. The summed E-state index contributed by atoms with van der Waals surface area (Å²) in [7, 11) is 0. The van der Waals surface area contributed by atoms with Crippen LogP contribution in [0.25, 0.3) is 0 Å². The molecular weight excluding hydrogens is 382 g/mol. The number of thiocarbonyl (C=S) groups is 1. The maximum atomic E-state index is 11.9. The number of carbonyl (C=O) groups excluding carboxylic acids is 1. The maximum Gasteiger partial charge on any atom is 0.227 e. The molecule has 0 spiro atoms. The van der Waals surface area contributed by atoms with Crippen LogP contribution in [0.15, 0.2) is 48.5 Å². The van der Waals surface area contributed by atoms with E-state index >= 15 is 0 Å². The topological polar surface area (TPSA) is 53.6 Å². The van der Waals surface area contributed by atoms with Crippen LogP contribution in [0.2, 0.25) is 0 Å². The molecular formula is C23H29N3O2S. The summed E-state index contributed by atoms with van der Waals surface area (Å²) in [5.41, 5.74) is 3.09. The summed E-state index contributed by atoms with van der Waals surface area (Å²) in [6, 6.07) is 16.1. The van der Waals surface area contributed by atoms with E-state index in [9.17, 15) is 4.79 Å². The lowest BCUT2D eigenvalue weighted by Gasteiger charge is -2.17. The van der Waals surface area contributed by atoms with Gasteiger partial charge in [-0.15, -0.1) is 0 Å². The van der Waals surface area contributed by atoms with Crippen molar-refractivity contribution in [2.45, 2.75) is 45.6 Å². The average molecular weight is 412 g/mol. The van der Waals surface area contributed by atoms with Crippen LogP contribution < -0.4 is 20.3 Å². The van der Waals surface area contributed by atoms with E-state index in [2.05, 4.69) is 22.8 Å². The summed E-state index contributed by atoms with van der Waals surface area (Å²) in [6.07, 6.45) is 3.70. The average Bonchev–Trinajstić information content (AvgIpc) is 3.12. The number of nitrogens with zero attached hydrogens (tertiary/aromatic N) is 1. The van der Waals surface area contributed by atoms with Gasteiger partial charge in [0.25, 0.3) is 0 Å².